The van der Waals surface area contributed by atoms with Gasteiger partial charge in [-0.1, -0.05) is 59.6 Å². The molecule has 36 heavy (non-hydrogen) atoms. The highest BCUT2D eigenvalue weighted by Crippen LogP contribution is 2.22. The molecule has 0 aliphatic carbocycles. The molecule has 2 atom stereocenters. The number of aliphatic carboxylic acids is 1. The summed E-state index contributed by atoms with van der Waals surface area (Å²) in [6.07, 6.45) is 5.08. The zero-order valence-electron chi connectivity index (χ0n) is 20.7. The van der Waals surface area contributed by atoms with Crippen molar-refractivity contribution in [3.8, 4) is 0 Å². The summed E-state index contributed by atoms with van der Waals surface area (Å²) in [7, 11) is 0. The molecule has 0 aromatic heterocycles. The molecule has 0 bridgehead atoms. The Morgan fingerprint density at radius 2 is 1.81 bits per heavy atom. The molecule has 3 rings (SSSR count). The Balaban J connectivity index is 0.000000254. The van der Waals surface area contributed by atoms with Gasteiger partial charge in [-0.25, -0.2) is 0 Å². The molecular weight excluding hydrogens is 499 g/mol. The van der Waals surface area contributed by atoms with E-state index in [1.807, 2.05) is 0 Å². The predicted molar refractivity (Wildman–Crippen MR) is 146 cm³/mol. The third-order valence-electron chi connectivity index (χ3n) is 6.15. The second-order valence-electron chi connectivity index (χ2n) is 9.07. The summed E-state index contributed by atoms with van der Waals surface area (Å²) in [6, 6.07) is 16.8. The standard InChI is InChI=1S/C15H25N3.C12H13Cl2NO3/c16-10-8-15(18-11-9-14(17)12-18)7-6-13-4-2-1-3-5-13;13-9-5-4-8(6-10(9)14)7-15-11(16)2-1-3-12(17)18/h1-5,14-15H,6-12,16-17H2;4-6H,1-3,7H2,(H,15,16)(H,17,18). The Morgan fingerprint density at radius 1 is 1.06 bits per heavy atom. The van der Waals surface area contributed by atoms with E-state index in [0.717, 1.165) is 44.5 Å². The number of carboxylic acids is 1. The molecule has 6 N–H and O–H groups in total. The molecular formula is C27H38Cl2N4O3. The van der Waals surface area contributed by atoms with Crippen molar-refractivity contribution >= 4 is 35.1 Å². The molecule has 0 spiro atoms. The summed E-state index contributed by atoms with van der Waals surface area (Å²) in [6.45, 7) is 3.30. The lowest BCUT2D eigenvalue weighted by atomic mass is 10.0. The molecule has 7 nitrogen and oxygen atoms in total. The van der Waals surface area contributed by atoms with Crippen molar-refractivity contribution in [1.82, 2.24) is 10.2 Å². The van der Waals surface area contributed by atoms with E-state index in [1.54, 1.807) is 18.2 Å². The van der Waals surface area contributed by atoms with Crippen LogP contribution >= 0.6 is 23.2 Å². The highest BCUT2D eigenvalue weighted by molar-refractivity contribution is 6.42. The van der Waals surface area contributed by atoms with Gasteiger partial charge >= 0.3 is 5.97 Å². The molecule has 2 aromatic carbocycles. The van der Waals surface area contributed by atoms with E-state index >= 15 is 0 Å². The molecule has 1 fully saturated rings. The summed E-state index contributed by atoms with van der Waals surface area (Å²) in [5.74, 6) is -1.07. The lowest BCUT2D eigenvalue weighted by Crippen LogP contribution is -2.37. The third kappa shape index (κ3) is 11.7. The number of amides is 1. The Bertz CT molecular complexity index is 946. The van der Waals surface area contributed by atoms with Gasteiger partial charge in [-0.05, 0) is 61.9 Å². The Kier molecular flexibility index (Phi) is 13.8. The van der Waals surface area contributed by atoms with E-state index in [1.165, 1.54) is 12.0 Å². The van der Waals surface area contributed by atoms with Gasteiger partial charge in [-0.2, -0.15) is 0 Å². The number of carboxylic acid groups (broad SMARTS) is 1. The number of carbonyl (C=O) groups excluding carboxylic acids is 1. The Labute approximate surface area is 224 Å². The van der Waals surface area contributed by atoms with Crippen molar-refractivity contribution in [3.05, 3.63) is 69.7 Å². The van der Waals surface area contributed by atoms with Gasteiger partial charge in [0.2, 0.25) is 5.91 Å². The molecule has 9 heteroatoms. The number of halogens is 2. The maximum atomic E-state index is 11.4. The Hall–Kier alpha value is -2.16. The predicted octanol–water partition coefficient (Wildman–Crippen LogP) is 4.23. The first-order chi connectivity index (χ1) is 17.3. The molecule has 1 saturated heterocycles. The van der Waals surface area contributed by atoms with E-state index in [-0.39, 0.29) is 18.7 Å². The number of nitrogens with one attached hydrogen (secondary N) is 1. The molecule has 1 aliphatic heterocycles. The first-order valence-electron chi connectivity index (χ1n) is 12.4. The van der Waals surface area contributed by atoms with Crippen LogP contribution in [0.25, 0.3) is 0 Å². The molecule has 1 amide bonds. The fourth-order valence-corrected chi connectivity index (χ4v) is 4.49. The average Bonchev–Trinajstić information content (AvgIpc) is 3.29. The fraction of sp³-hybridized carbons (Fsp3) is 0.481. The van der Waals surface area contributed by atoms with Crippen LogP contribution in [0.2, 0.25) is 10.0 Å². The summed E-state index contributed by atoms with van der Waals surface area (Å²) >= 11 is 11.6. The van der Waals surface area contributed by atoms with Crippen LogP contribution in [0, 0.1) is 0 Å². The van der Waals surface area contributed by atoms with Gasteiger partial charge in [0.05, 0.1) is 10.0 Å². The van der Waals surface area contributed by atoms with Gasteiger partial charge in [0.15, 0.2) is 0 Å². The minimum absolute atomic E-state index is 0.000192. The number of benzene rings is 2. The SMILES string of the molecule is NCCC(CCc1ccccc1)N1CCC(N)C1.O=C(O)CCCC(=O)NCc1ccc(Cl)c(Cl)c1. The second kappa shape index (κ2) is 16.6. The second-order valence-corrected chi connectivity index (χ2v) is 9.89. The van der Waals surface area contributed by atoms with Gasteiger partial charge in [-0.3, -0.25) is 14.5 Å². The van der Waals surface area contributed by atoms with Gasteiger partial charge < -0.3 is 21.9 Å². The van der Waals surface area contributed by atoms with Crippen molar-refractivity contribution in [2.24, 2.45) is 11.5 Å². The Morgan fingerprint density at radius 3 is 2.42 bits per heavy atom. The quantitative estimate of drug-likeness (QED) is 0.322. The van der Waals surface area contributed by atoms with Gasteiger partial charge in [0.1, 0.15) is 0 Å². The maximum absolute atomic E-state index is 11.4. The summed E-state index contributed by atoms with van der Waals surface area (Å²) in [4.78, 5) is 24.2. The van der Waals surface area contributed by atoms with Gasteiger partial charge in [0.25, 0.3) is 0 Å². The first kappa shape index (κ1) is 30.1. The number of likely N-dealkylation sites (tertiary alicyclic amines) is 1. The molecule has 0 radical (unpaired) electrons. The number of nitrogens with zero attached hydrogens (tertiary/aromatic N) is 1. The van der Waals surface area contributed by atoms with Crippen molar-refractivity contribution in [1.29, 1.82) is 0 Å². The van der Waals surface area contributed by atoms with E-state index in [9.17, 15) is 9.59 Å². The molecule has 1 aliphatic rings. The minimum Gasteiger partial charge on any atom is -0.481 e. The highest BCUT2D eigenvalue weighted by atomic mass is 35.5. The number of hydrogen-bond donors (Lipinski definition) is 4. The molecule has 2 unspecified atom stereocenters. The van der Waals surface area contributed by atoms with E-state index < -0.39 is 5.97 Å². The average molecular weight is 538 g/mol. The van der Waals surface area contributed by atoms with Crippen LogP contribution in [0.15, 0.2) is 48.5 Å². The number of hydrogen-bond acceptors (Lipinski definition) is 5. The van der Waals surface area contributed by atoms with Crippen LogP contribution in [0.1, 0.15) is 49.7 Å². The largest absolute Gasteiger partial charge is 0.481 e. The monoisotopic (exact) mass is 536 g/mol. The van der Waals surface area contributed by atoms with Crippen molar-refractivity contribution < 1.29 is 14.7 Å². The van der Waals surface area contributed by atoms with Crippen molar-refractivity contribution in [2.45, 2.75) is 63.6 Å². The van der Waals surface area contributed by atoms with Crippen LogP contribution in [0.3, 0.4) is 0 Å². The smallest absolute Gasteiger partial charge is 0.303 e. The molecule has 198 valence electrons. The number of carbonyl (C=O) groups is 2. The van der Waals surface area contributed by atoms with Gasteiger partial charge in [-0.15, -0.1) is 0 Å². The topological polar surface area (TPSA) is 122 Å². The van der Waals surface area contributed by atoms with Crippen LogP contribution in [-0.4, -0.2) is 53.6 Å². The highest BCUT2D eigenvalue weighted by Gasteiger charge is 2.25. The van der Waals surface area contributed by atoms with E-state index in [2.05, 4.69) is 40.5 Å². The zero-order valence-corrected chi connectivity index (χ0v) is 22.2. The number of aryl methyl sites for hydroxylation is 1. The van der Waals surface area contributed by atoms with Crippen molar-refractivity contribution in [2.75, 3.05) is 19.6 Å². The van der Waals surface area contributed by atoms with Crippen LogP contribution in [-0.2, 0) is 22.6 Å². The summed E-state index contributed by atoms with van der Waals surface area (Å²) in [5.41, 5.74) is 14.0. The number of rotatable bonds is 12. The molecule has 1 heterocycles. The molecule has 2 aromatic rings. The third-order valence-corrected chi connectivity index (χ3v) is 6.89. The van der Waals surface area contributed by atoms with Gasteiger partial charge in [0, 0.05) is 44.6 Å². The summed E-state index contributed by atoms with van der Waals surface area (Å²) < 4.78 is 0. The van der Waals surface area contributed by atoms with Crippen LogP contribution < -0.4 is 16.8 Å². The van der Waals surface area contributed by atoms with E-state index in [0.29, 0.717) is 35.1 Å². The van der Waals surface area contributed by atoms with Crippen LogP contribution in [0.5, 0.6) is 0 Å². The normalized spacial score (nSPS) is 16.2. The lowest BCUT2D eigenvalue weighted by molar-refractivity contribution is -0.137. The molecule has 0 saturated carbocycles. The maximum Gasteiger partial charge on any atom is 0.303 e. The first-order valence-corrected chi connectivity index (χ1v) is 13.2. The van der Waals surface area contributed by atoms with Crippen molar-refractivity contribution in [3.63, 3.8) is 0 Å². The fourth-order valence-electron chi connectivity index (χ4n) is 4.17. The lowest BCUT2D eigenvalue weighted by Gasteiger charge is -2.27. The zero-order chi connectivity index (χ0) is 26.3. The summed E-state index contributed by atoms with van der Waals surface area (Å²) in [5, 5.41) is 12.0. The van der Waals surface area contributed by atoms with Crippen LogP contribution in [0.4, 0.5) is 0 Å². The number of nitrogens with two attached hydrogens (primary N) is 2. The van der Waals surface area contributed by atoms with E-state index in [4.69, 9.17) is 39.8 Å². The minimum atomic E-state index is -0.896.